The maximum absolute atomic E-state index is 13.5. The normalized spacial score (nSPS) is 15.3. The Morgan fingerprint density at radius 3 is 2.64 bits per heavy atom. The van der Waals surface area contributed by atoms with Crippen molar-refractivity contribution in [3.63, 3.8) is 0 Å². The van der Waals surface area contributed by atoms with Gasteiger partial charge >= 0.3 is 0 Å². The average molecular weight is 442 g/mol. The molecule has 0 spiro atoms. The fourth-order valence-corrected chi connectivity index (χ4v) is 4.27. The number of nitrogens with one attached hydrogen (secondary N) is 1. The van der Waals surface area contributed by atoms with Crippen LogP contribution in [0.1, 0.15) is 27.5 Å². The molecule has 166 valence electrons. The van der Waals surface area contributed by atoms with E-state index in [1.54, 1.807) is 42.3 Å². The van der Waals surface area contributed by atoms with E-state index in [4.69, 9.17) is 4.42 Å². The second kappa shape index (κ2) is 8.38. The van der Waals surface area contributed by atoms with Gasteiger partial charge in [0.15, 0.2) is 5.76 Å². The minimum Gasteiger partial charge on any atom is -0.459 e. The Morgan fingerprint density at radius 2 is 1.85 bits per heavy atom. The van der Waals surface area contributed by atoms with E-state index in [9.17, 15) is 14.4 Å². The summed E-state index contributed by atoms with van der Waals surface area (Å²) in [5.41, 5.74) is 2.35. The van der Waals surface area contributed by atoms with Crippen molar-refractivity contribution in [2.75, 3.05) is 7.05 Å². The van der Waals surface area contributed by atoms with E-state index in [0.717, 1.165) is 11.1 Å². The van der Waals surface area contributed by atoms with Gasteiger partial charge in [0.25, 0.3) is 11.5 Å². The summed E-state index contributed by atoms with van der Waals surface area (Å²) in [4.78, 5) is 49.4. The Balaban J connectivity index is 1.43. The van der Waals surface area contributed by atoms with Crippen molar-refractivity contribution >= 4 is 22.7 Å². The van der Waals surface area contributed by atoms with Crippen LogP contribution in [-0.4, -0.2) is 44.7 Å². The highest BCUT2D eigenvalue weighted by Gasteiger charge is 2.37. The number of hydrogen-bond donors (Lipinski definition) is 1. The largest absolute Gasteiger partial charge is 0.459 e. The molecule has 0 saturated heterocycles. The molecule has 8 heteroatoms. The lowest BCUT2D eigenvalue weighted by Crippen LogP contribution is -2.52. The first-order valence-corrected chi connectivity index (χ1v) is 10.7. The van der Waals surface area contributed by atoms with Crippen molar-refractivity contribution in [1.82, 2.24) is 19.8 Å². The molecule has 1 unspecified atom stereocenters. The number of H-pyrrole nitrogens is 1. The Morgan fingerprint density at radius 1 is 1.09 bits per heavy atom. The van der Waals surface area contributed by atoms with Crippen molar-refractivity contribution in [3.05, 3.63) is 100.0 Å². The number of aromatic nitrogens is 2. The van der Waals surface area contributed by atoms with Crippen LogP contribution in [0.25, 0.3) is 10.9 Å². The number of benzene rings is 2. The number of hydrogen-bond acceptors (Lipinski definition) is 5. The van der Waals surface area contributed by atoms with Crippen LogP contribution in [0.2, 0.25) is 0 Å². The number of para-hydroxylation sites is 1. The van der Waals surface area contributed by atoms with Crippen LogP contribution in [-0.2, 0) is 24.3 Å². The molecule has 3 heterocycles. The summed E-state index contributed by atoms with van der Waals surface area (Å²) in [6.45, 7) is 0.421. The predicted octanol–water partition coefficient (Wildman–Crippen LogP) is 2.74. The van der Waals surface area contributed by atoms with Crippen LogP contribution in [0.15, 0.2) is 76.1 Å². The van der Waals surface area contributed by atoms with Gasteiger partial charge in [0.1, 0.15) is 11.9 Å². The zero-order chi connectivity index (χ0) is 22.9. The van der Waals surface area contributed by atoms with Gasteiger partial charge < -0.3 is 19.2 Å². The lowest BCUT2D eigenvalue weighted by molar-refractivity contribution is -0.136. The number of nitrogens with zero attached hydrogens (tertiary/aromatic N) is 3. The van der Waals surface area contributed by atoms with Crippen molar-refractivity contribution < 1.29 is 14.0 Å². The van der Waals surface area contributed by atoms with E-state index in [1.807, 2.05) is 30.3 Å². The summed E-state index contributed by atoms with van der Waals surface area (Å²) in [5, 5.41) is 0.495. The standard InChI is InChI=1S/C25H22N4O4/c1-28(15-22-26-19-10-5-4-9-18(19)23(30)27-22)24(31)20-13-16-7-2-3-8-17(16)14-29(20)25(32)21-11-6-12-33-21/h2-12,20H,13-15H2,1H3,(H,26,27,30). The molecule has 2 aromatic heterocycles. The molecule has 0 fully saturated rings. The number of likely N-dealkylation sites (N-methyl/N-ethyl adjacent to an activating group) is 1. The third kappa shape index (κ3) is 3.91. The summed E-state index contributed by atoms with van der Waals surface area (Å²) in [5.74, 6) is 0.00346. The molecule has 0 radical (unpaired) electrons. The first kappa shape index (κ1) is 20.7. The van der Waals surface area contributed by atoms with Gasteiger partial charge in [0, 0.05) is 20.0 Å². The molecule has 2 aromatic carbocycles. The molecule has 2 amide bonds. The number of aromatic amines is 1. The van der Waals surface area contributed by atoms with Gasteiger partial charge in [-0.05, 0) is 35.4 Å². The topological polar surface area (TPSA) is 99.5 Å². The van der Waals surface area contributed by atoms with Gasteiger partial charge in [-0.2, -0.15) is 0 Å². The molecule has 8 nitrogen and oxygen atoms in total. The first-order valence-electron chi connectivity index (χ1n) is 10.7. The predicted molar refractivity (Wildman–Crippen MR) is 121 cm³/mol. The molecule has 5 rings (SSSR count). The molecular formula is C25H22N4O4. The summed E-state index contributed by atoms with van der Waals surface area (Å²) in [7, 11) is 1.65. The van der Waals surface area contributed by atoms with Crippen LogP contribution in [0.5, 0.6) is 0 Å². The zero-order valence-electron chi connectivity index (χ0n) is 18.0. The summed E-state index contributed by atoms with van der Waals surface area (Å²) in [6.07, 6.45) is 1.84. The summed E-state index contributed by atoms with van der Waals surface area (Å²) < 4.78 is 5.31. The monoisotopic (exact) mass is 442 g/mol. The minimum absolute atomic E-state index is 0.111. The smallest absolute Gasteiger partial charge is 0.290 e. The molecule has 0 bridgehead atoms. The number of rotatable bonds is 4. The highest BCUT2D eigenvalue weighted by atomic mass is 16.3. The summed E-state index contributed by atoms with van der Waals surface area (Å²) in [6, 6.07) is 17.4. The third-order valence-corrected chi connectivity index (χ3v) is 5.95. The third-order valence-electron chi connectivity index (χ3n) is 5.95. The van der Waals surface area contributed by atoms with Crippen LogP contribution >= 0.6 is 0 Å². The molecule has 1 aliphatic heterocycles. The highest BCUT2D eigenvalue weighted by molar-refractivity contribution is 5.96. The van der Waals surface area contributed by atoms with Crippen LogP contribution in [0, 0.1) is 0 Å². The molecule has 33 heavy (non-hydrogen) atoms. The molecule has 1 atom stereocenters. The Labute approximate surface area is 189 Å². The Kier molecular flexibility index (Phi) is 5.26. The van der Waals surface area contributed by atoms with Crippen LogP contribution in [0.4, 0.5) is 0 Å². The Hall–Kier alpha value is -4.20. The van der Waals surface area contributed by atoms with E-state index in [0.29, 0.717) is 29.7 Å². The summed E-state index contributed by atoms with van der Waals surface area (Å²) >= 11 is 0. The van der Waals surface area contributed by atoms with Crippen molar-refractivity contribution in [2.45, 2.75) is 25.6 Å². The molecular weight excluding hydrogens is 420 g/mol. The van der Waals surface area contributed by atoms with E-state index < -0.39 is 6.04 Å². The molecule has 1 N–H and O–H groups in total. The van der Waals surface area contributed by atoms with E-state index in [1.165, 1.54) is 11.2 Å². The van der Waals surface area contributed by atoms with Gasteiger partial charge in [-0.1, -0.05) is 36.4 Å². The Bertz CT molecular complexity index is 1390. The van der Waals surface area contributed by atoms with Crippen molar-refractivity contribution in [1.29, 1.82) is 0 Å². The van der Waals surface area contributed by atoms with Gasteiger partial charge in [-0.25, -0.2) is 4.98 Å². The molecule has 1 aliphatic rings. The van der Waals surface area contributed by atoms with Crippen molar-refractivity contribution in [3.8, 4) is 0 Å². The maximum Gasteiger partial charge on any atom is 0.290 e. The van der Waals surface area contributed by atoms with E-state index >= 15 is 0 Å². The SMILES string of the molecule is CN(Cc1nc2ccccc2c(=O)[nH]1)C(=O)C1Cc2ccccc2CN1C(=O)c1ccco1. The van der Waals surface area contributed by atoms with E-state index in [-0.39, 0.29) is 29.7 Å². The molecule has 4 aromatic rings. The van der Waals surface area contributed by atoms with Gasteiger partial charge in [-0.15, -0.1) is 0 Å². The molecule has 0 saturated carbocycles. The highest BCUT2D eigenvalue weighted by Crippen LogP contribution is 2.26. The average Bonchev–Trinajstić information content (AvgIpc) is 3.37. The number of carbonyl (C=O) groups excluding carboxylic acids is 2. The van der Waals surface area contributed by atoms with Crippen LogP contribution in [0.3, 0.4) is 0 Å². The fraction of sp³-hybridized carbons (Fsp3) is 0.200. The van der Waals surface area contributed by atoms with Crippen LogP contribution < -0.4 is 5.56 Å². The minimum atomic E-state index is -0.699. The van der Waals surface area contributed by atoms with Crippen molar-refractivity contribution in [2.24, 2.45) is 0 Å². The second-order valence-corrected chi connectivity index (χ2v) is 8.12. The van der Waals surface area contributed by atoms with Gasteiger partial charge in [0.2, 0.25) is 5.91 Å². The number of fused-ring (bicyclic) bond motifs is 2. The zero-order valence-corrected chi connectivity index (χ0v) is 18.0. The van der Waals surface area contributed by atoms with Gasteiger partial charge in [0.05, 0.1) is 23.7 Å². The first-order chi connectivity index (χ1) is 16.0. The maximum atomic E-state index is 13.5. The second-order valence-electron chi connectivity index (χ2n) is 8.12. The van der Waals surface area contributed by atoms with Gasteiger partial charge in [-0.3, -0.25) is 14.4 Å². The fourth-order valence-electron chi connectivity index (χ4n) is 4.27. The lowest BCUT2D eigenvalue weighted by Gasteiger charge is -2.37. The number of carbonyl (C=O) groups is 2. The number of furan rings is 1. The number of amides is 2. The quantitative estimate of drug-likeness (QED) is 0.524. The molecule has 0 aliphatic carbocycles. The van der Waals surface area contributed by atoms with E-state index in [2.05, 4.69) is 9.97 Å². The lowest BCUT2D eigenvalue weighted by atomic mass is 9.93.